The molecule has 162 valence electrons. The zero-order valence-electron chi connectivity index (χ0n) is 18.0. The van der Waals surface area contributed by atoms with Crippen LogP contribution in [0.4, 0.5) is 5.69 Å². The fourth-order valence-corrected chi connectivity index (χ4v) is 3.77. The summed E-state index contributed by atoms with van der Waals surface area (Å²) in [7, 11) is 0. The zero-order chi connectivity index (χ0) is 22.4. The predicted octanol–water partition coefficient (Wildman–Crippen LogP) is 4.55. The van der Waals surface area contributed by atoms with Crippen molar-refractivity contribution < 1.29 is 18.5 Å². The zero-order valence-corrected chi connectivity index (χ0v) is 18.0. The Morgan fingerprint density at radius 1 is 1.03 bits per heavy atom. The Morgan fingerprint density at radius 2 is 1.81 bits per heavy atom. The van der Waals surface area contributed by atoms with Crippen LogP contribution in [0.2, 0.25) is 0 Å². The van der Waals surface area contributed by atoms with Crippen molar-refractivity contribution in [2.24, 2.45) is 0 Å². The monoisotopic (exact) mass is 430 g/mol. The molecule has 0 unspecified atom stereocenters. The van der Waals surface area contributed by atoms with Crippen LogP contribution in [0.3, 0.4) is 0 Å². The van der Waals surface area contributed by atoms with E-state index in [1.54, 1.807) is 37.3 Å². The molecule has 0 atom stereocenters. The molecular formula is C24H22N4O4. The van der Waals surface area contributed by atoms with Crippen molar-refractivity contribution in [1.82, 2.24) is 15.5 Å². The number of hydrogen-bond donors (Lipinski definition) is 2. The first-order valence-corrected chi connectivity index (χ1v) is 10.5. The lowest BCUT2D eigenvalue weighted by molar-refractivity contribution is 0.0952. The molecule has 3 heterocycles. The maximum atomic E-state index is 13.4. The van der Waals surface area contributed by atoms with Gasteiger partial charge in [-0.2, -0.15) is 0 Å². The van der Waals surface area contributed by atoms with Crippen LogP contribution in [0.25, 0.3) is 22.4 Å². The van der Waals surface area contributed by atoms with Crippen LogP contribution in [0.15, 0.2) is 45.3 Å². The number of rotatable bonds is 5. The Morgan fingerprint density at radius 3 is 2.53 bits per heavy atom. The van der Waals surface area contributed by atoms with Crippen LogP contribution < -0.4 is 10.6 Å². The number of nitrogens with zero attached hydrogens (tertiary/aromatic N) is 2. The molecule has 8 heteroatoms. The van der Waals surface area contributed by atoms with Crippen LogP contribution in [0.5, 0.6) is 0 Å². The highest BCUT2D eigenvalue weighted by Gasteiger charge is 2.26. The van der Waals surface area contributed by atoms with E-state index >= 15 is 0 Å². The topological polar surface area (TPSA) is 110 Å². The molecule has 0 aliphatic heterocycles. The predicted molar refractivity (Wildman–Crippen MR) is 119 cm³/mol. The molecule has 0 spiro atoms. The van der Waals surface area contributed by atoms with Crippen LogP contribution in [-0.2, 0) is 0 Å². The van der Waals surface area contributed by atoms with Crippen molar-refractivity contribution in [3.05, 3.63) is 64.7 Å². The molecule has 32 heavy (non-hydrogen) atoms. The van der Waals surface area contributed by atoms with Gasteiger partial charge in [0.15, 0.2) is 0 Å². The minimum Gasteiger partial charge on any atom is -0.466 e. The lowest BCUT2D eigenvalue weighted by Crippen LogP contribution is -2.27. The highest BCUT2D eigenvalue weighted by atomic mass is 16.5. The van der Waals surface area contributed by atoms with Crippen molar-refractivity contribution >= 4 is 28.6 Å². The van der Waals surface area contributed by atoms with E-state index in [2.05, 4.69) is 20.8 Å². The Kier molecular flexibility index (Phi) is 4.77. The van der Waals surface area contributed by atoms with Crippen molar-refractivity contribution in [2.75, 3.05) is 5.32 Å². The largest absolute Gasteiger partial charge is 0.466 e. The number of para-hydroxylation sites is 1. The first-order chi connectivity index (χ1) is 15.4. The molecule has 3 aromatic heterocycles. The van der Waals surface area contributed by atoms with Gasteiger partial charge in [-0.25, -0.2) is 4.98 Å². The maximum absolute atomic E-state index is 13.4. The first kappa shape index (κ1) is 20.0. The molecule has 1 aliphatic rings. The van der Waals surface area contributed by atoms with E-state index in [0.717, 1.165) is 24.2 Å². The Bertz CT molecular complexity index is 1360. The van der Waals surface area contributed by atoms with Crippen molar-refractivity contribution in [3.63, 3.8) is 0 Å². The lowest BCUT2D eigenvalue weighted by atomic mass is 10.0. The van der Waals surface area contributed by atoms with Crippen molar-refractivity contribution in [3.8, 4) is 11.3 Å². The molecule has 1 aromatic carbocycles. The van der Waals surface area contributed by atoms with Gasteiger partial charge in [-0.15, -0.1) is 0 Å². The summed E-state index contributed by atoms with van der Waals surface area (Å²) in [6, 6.07) is 10.7. The summed E-state index contributed by atoms with van der Waals surface area (Å²) in [6.45, 7) is 5.45. The summed E-state index contributed by atoms with van der Waals surface area (Å²) >= 11 is 0. The van der Waals surface area contributed by atoms with E-state index in [-0.39, 0.29) is 23.6 Å². The highest BCUT2D eigenvalue weighted by molar-refractivity contribution is 6.15. The minimum absolute atomic E-state index is 0.199. The van der Waals surface area contributed by atoms with Crippen molar-refractivity contribution in [2.45, 2.75) is 39.7 Å². The molecule has 1 saturated carbocycles. The molecule has 8 nitrogen and oxygen atoms in total. The molecular weight excluding hydrogens is 408 g/mol. The second-order valence-corrected chi connectivity index (χ2v) is 8.08. The molecule has 5 rings (SSSR count). The van der Waals surface area contributed by atoms with E-state index in [0.29, 0.717) is 39.3 Å². The summed E-state index contributed by atoms with van der Waals surface area (Å²) in [4.78, 5) is 30.6. The molecule has 2 N–H and O–H groups in total. The van der Waals surface area contributed by atoms with Gasteiger partial charge in [0.25, 0.3) is 17.5 Å². The fraction of sp³-hybridized carbons (Fsp3) is 0.250. The summed E-state index contributed by atoms with van der Waals surface area (Å²) in [5.41, 5.74) is 3.37. The second kappa shape index (κ2) is 7.64. The van der Waals surface area contributed by atoms with E-state index in [1.165, 1.54) is 0 Å². The van der Waals surface area contributed by atoms with E-state index < -0.39 is 0 Å². The number of carbonyl (C=O) groups excluding carboxylic acids is 2. The Labute approximate surface area is 184 Å². The van der Waals surface area contributed by atoms with E-state index in [4.69, 9.17) is 8.94 Å². The number of anilines is 1. The number of aryl methyl sites for hydroxylation is 3. The maximum Gasteiger partial charge on any atom is 0.259 e. The smallest absolute Gasteiger partial charge is 0.259 e. The summed E-state index contributed by atoms with van der Waals surface area (Å²) in [5.74, 6) is 0.859. The third-order valence-corrected chi connectivity index (χ3v) is 5.51. The average Bonchev–Trinajstić information content (AvgIpc) is 3.41. The number of amides is 2. The van der Waals surface area contributed by atoms with Crippen LogP contribution in [-0.4, -0.2) is 28.0 Å². The third-order valence-electron chi connectivity index (χ3n) is 5.51. The fourth-order valence-electron chi connectivity index (χ4n) is 3.77. The molecule has 0 bridgehead atoms. The van der Waals surface area contributed by atoms with Crippen LogP contribution >= 0.6 is 0 Å². The quantitative estimate of drug-likeness (QED) is 0.481. The normalized spacial score (nSPS) is 13.3. The number of furan rings is 1. The summed E-state index contributed by atoms with van der Waals surface area (Å²) < 4.78 is 11.0. The van der Waals surface area contributed by atoms with Gasteiger partial charge in [-0.1, -0.05) is 17.3 Å². The molecule has 4 aromatic rings. The minimum atomic E-state index is -0.380. The number of nitrogens with one attached hydrogen (secondary N) is 2. The van der Waals surface area contributed by atoms with Gasteiger partial charge in [-0.05, 0) is 57.9 Å². The van der Waals surface area contributed by atoms with Gasteiger partial charge in [0, 0.05) is 11.6 Å². The number of benzene rings is 1. The molecule has 0 radical (unpaired) electrons. The standard InChI is InChI=1S/C24H22N4O4/c1-12-10-17(14(3)31-12)20-11-18(21-13(2)28-32-24(21)27-20)23(30)26-19-7-5-4-6-16(19)22(29)25-15-8-9-15/h4-7,10-11,15H,8-9H2,1-3H3,(H,25,29)(H,26,30). The van der Waals surface area contributed by atoms with E-state index in [9.17, 15) is 9.59 Å². The Balaban J connectivity index is 1.55. The van der Waals surface area contributed by atoms with E-state index in [1.807, 2.05) is 19.9 Å². The third kappa shape index (κ3) is 3.64. The highest BCUT2D eigenvalue weighted by Crippen LogP contribution is 2.31. The average molecular weight is 430 g/mol. The molecule has 1 fully saturated rings. The van der Waals surface area contributed by atoms with Gasteiger partial charge in [0.05, 0.1) is 33.6 Å². The first-order valence-electron chi connectivity index (χ1n) is 10.5. The number of carbonyl (C=O) groups is 2. The number of hydrogen-bond acceptors (Lipinski definition) is 6. The second-order valence-electron chi connectivity index (χ2n) is 8.08. The van der Waals surface area contributed by atoms with Gasteiger partial charge in [-0.3, -0.25) is 9.59 Å². The van der Waals surface area contributed by atoms with Crippen molar-refractivity contribution in [1.29, 1.82) is 0 Å². The van der Waals surface area contributed by atoms with Gasteiger partial charge >= 0.3 is 0 Å². The van der Waals surface area contributed by atoms with Gasteiger partial charge < -0.3 is 19.6 Å². The molecule has 2 amide bonds. The number of pyridine rings is 1. The van der Waals surface area contributed by atoms with Crippen LogP contribution in [0.1, 0.15) is 50.8 Å². The number of aromatic nitrogens is 2. The lowest BCUT2D eigenvalue weighted by Gasteiger charge is -2.12. The van der Waals surface area contributed by atoms with Gasteiger partial charge in [0.1, 0.15) is 11.5 Å². The van der Waals surface area contributed by atoms with Crippen LogP contribution in [0, 0.1) is 20.8 Å². The number of fused-ring (bicyclic) bond motifs is 1. The molecule has 0 saturated heterocycles. The molecule has 1 aliphatic carbocycles. The van der Waals surface area contributed by atoms with Gasteiger partial charge in [0.2, 0.25) is 0 Å². The SMILES string of the molecule is Cc1cc(-c2cc(C(=O)Nc3ccccc3C(=O)NC3CC3)c3c(C)noc3n2)c(C)o1. The summed E-state index contributed by atoms with van der Waals surface area (Å²) in [5, 5.41) is 10.4. The summed E-state index contributed by atoms with van der Waals surface area (Å²) in [6.07, 6.45) is 1.97. The Hall–Kier alpha value is -3.94.